The number of halogens is 2. The smallest absolute Gasteiger partial charge is 0.292 e. The third-order valence-corrected chi connectivity index (χ3v) is 8.23. The molecule has 0 saturated carbocycles. The zero-order chi connectivity index (χ0) is 36.4. The number of hydrogen-bond donors (Lipinski definition) is 7. The second-order valence-electron chi connectivity index (χ2n) is 11.7. The molecule has 14 nitrogen and oxygen atoms in total. The number of nitriles is 1. The van der Waals surface area contributed by atoms with E-state index in [0.29, 0.717) is 40.7 Å². The Morgan fingerprint density at radius 3 is 2.53 bits per heavy atom. The molecular formula is C33H44ClIN10O4. The fraction of sp³-hybridized carbons (Fsp3) is 0.364. The van der Waals surface area contributed by atoms with Crippen LogP contribution in [0.3, 0.4) is 0 Å². The number of methoxy groups -OCH3 is 1. The van der Waals surface area contributed by atoms with Crippen LogP contribution in [0.2, 0.25) is 5.02 Å². The molecule has 3 aromatic rings. The number of nitrogens with one attached hydrogen (secondary N) is 5. The van der Waals surface area contributed by atoms with Gasteiger partial charge in [0.05, 0.1) is 24.5 Å². The predicted molar refractivity (Wildman–Crippen MR) is 203 cm³/mol. The quantitative estimate of drug-likeness (QED) is 0.0166. The van der Waals surface area contributed by atoms with E-state index >= 15 is 0 Å². The van der Waals surface area contributed by atoms with E-state index in [1.54, 1.807) is 24.3 Å². The average molecular weight is 807 g/mol. The van der Waals surface area contributed by atoms with E-state index in [1.807, 2.05) is 46.0 Å². The molecule has 2 heterocycles. The number of rotatable bonds is 8. The van der Waals surface area contributed by atoms with Crippen LogP contribution >= 0.6 is 32.8 Å². The lowest BCUT2D eigenvalue weighted by molar-refractivity contribution is -0.126. The summed E-state index contributed by atoms with van der Waals surface area (Å²) in [6.45, 7) is 6.27. The second-order valence-corrected chi connectivity index (χ2v) is 14.1. The Morgan fingerprint density at radius 2 is 1.92 bits per heavy atom. The third kappa shape index (κ3) is 14.3. The van der Waals surface area contributed by atoms with Crippen LogP contribution in [0.4, 0.5) is 17.1 Å². The summed E-state index contributed by atoms with van der Waals surface area (Å²) >= 11 is 4.82. The lowest BCUT2D eigenvalue weighted by atomic mass is 10.0. The second kappa shape index (κ2) is 20.9. The van der Waals surface area contributed by atoms with Gasteiger partial charge < -0.3 is 36.8 Å². The maximum absolute atomic E-state index is 13.0. The molecule has 0 saturated heterocycles. The summed E-state index contributed by atoms with van der Waals surface area (Å²) < 4.78 is 15.8. The maximum atomic E-state index is 13.0. The van der Waals surface area contributed by atoms with Crippen molar-refractivity contribution in [3.63, 3.8) is 0 Å². The number of nitrogens with zero attached hydrogens (tertiary/aromatic N) is 3. The third-order valence-electron chi connectivity index (χ3n) is 6.45. The summed E-state index contributed by atoms with van der Waals surface area (Å²) in [5.74, 6) is 5.43. The Morgan fingerprint density at radius 1 is 1.22 bits per heavy atom. The fourth-order valence-corrected chi connectivity index (χ4v) is 5.73. The molecule has 264 valence electrons. The number of hydrogen-bond acceptors (Lipinski definition) is 11. The number of carbonyl (C=O) groups is 2. The first-order valence-corrected chi connectivity index (χ1v) is 17.7. The van der Waals surface area contributed by atoms with Crippen LogP contribution in [0.25, 0.3) is 17.3 Å². The summed E-state index contributed by atoms with van der Waals surface area (Å²) in [6.07, 6.45) is 7.24. The zero-order valence-electron chi connectivity index (χ0n) is 28.1. The van der Waals surface area contributed by atoms with Crippen LogP contribution < -0.4 is 33.0 Å². The van der Waals surface area contributed by atoms with E-state index in [2.05, 4.69) is 47.1 Å². The zero-order valence-corrected chi connectivity index (χ0v) is 31.1. The van der Waals surface area contributed by atoms with Crippen molar-refractivity contribution in [2.75, 3.05) is 24.8 Å². The van der Waals surface area contributed by atoms with Gasteiger partial charge in [0.2, 0.25) is 5.91 Å². The van der Waals surface area contributed by atoms with Crippen molar-refractivity contribution < 1.29 is 17.4 Å². The number of anilines is 2. The molecule has 0 radical (unpaired) electrons. The van der Waals surface area contributed by atoms with E-state index in [4.69, 9.17) is 28.0 Å². The minimum atomic E-state index is -1.33. The van der Waals surface area contributed by atoms with Crippen molar-refractivity contribution in [1.29, 1.82) is 5.26 Å². The molecule has 0 fully saturated rings. The van der Waals surface area contributed by atoms with Crippen LogP contribution in [-0.4, -0.2) is 52.4 Å². The first-order chi connectivity index (χ1) is 23.4. The summed E-state index contributed by atoms with van der Waals surface area (Å²) in [5.41, 5.74) is 12.0. The van der Waals surface area contributed by atoms with Crippen molar-refractivity contribution >= 4 is 74.6 Å². The highest BCUT2D eigenvalue weighted by Gasteiger charge is 2.24. The highest BCUT2D eigenvalue weighted by molar-refractivity contribution is 14.1. The number of benzene rings is 2. The minimum Gasteiger partial charge on any atom is -0.471 e. The van der Waals surface area contributed by atoms with E-state index in [0.717, 1.165) is 36.2 Å². The molecule has 0 aliphatic carbocycles. The Kier molecular flexibility index (Phi) is 17.4. The van der Waals surface area contributed by atoms with Gasteiger partial charge in [-0.1, -0.05) is 24.4 Å². The number of amides is 1. The van der Waals surface area contributed by atoms with Crippen molar-refractivity contribution in [3.8, 4) is 17.3 Å². The van der Waals surface area contributed by atoms with E-state index in [1.165, 1.54) is 19.5 Å². The van der Waals surface area contributed by atoms with Crippen LogP contribution in [0.5, 0.6) is 0 Å². The van der Waals surface area contributed by atoms with Crippen molar-refractivity contribution in [3.05, 3.63) is 64.6 Å². The normalized spacial score (nSPS) is 15.7. The molecule has 9 N–H and O–H groups in total. The van der Waals surface area contributed by atoms with Gasteiger partial charge in [-0.3, -0.25) is 12.7 Å². The van der Waals surface area contributed by atoms with Crippen molar-refractivity contribution in [1.82, 2.24) is 20.7 Å². The van der Waals surface area contributed by atoms with Crippen LogP contribution in [-0.2, 0) is 17.4 Å². The van der Waals surface area contributed by atoms with Gasteiger partial charge in [0, 0.05) is 46.2 Å². The summed E-state index contributed by atoms with van der Waals surface area (Å²) in [4.78, 5) is 34.1. The topological polar surface area (TPSA) is 225 Å². The molecular weight excluding hydrogens is 763 g/mol. The van der Waals surface area contributed by atoms with Gasteiger partial charge in [0.25, 0.3) is 6.47 Å². The number of nitrogens with two attached hydrogens (primary N) is 2. The number of carbonyl (C=O) groups excluding carboxylic acids is 2. The summed E-state index contributed by atoms with van der Waals surface area (Å²) in [5, 5.41) is 20.0. The number of ether oxygens (including phenoxy) is 1. The standard InChI is InChI=1S/C27H29ClIN9O2.C4H11N.C2H4O2/c1-32-18-8-9-19-22(13-18)35-24(29-40)5-3-2-4-21(27-37-23(14-30)26(19)38-27)36-25(39)11-6-16-12-17(28)7-10-20(16)33-15-34-31;1-4(2,3)5;1-4-2-3/h6-13,15,21,24,32,35H,2-5,31H2,1H3,(H,33,34)(H,36,39)(H,37,38);5H2,1-3H3;2H,1H3/b11-6+;;/t21-,24+;;/m0../s1. The van der Waals surface area contributed by atoms with Gasteiger partial charge in [0.1, 0.15) is 22.3 Å². The largest absolute Gasteiger partial charge is 0.471 e. The fourth-order valence-electron chi connectivity index (χ4n) is 4.40. The summed E-state index contributed by atoms with van der Waals surface area (Å²) in [6, 6.07) is 12.5. The number of hydrazine groups is 1. The molecule has 16 heteroatoms. The lowest BCUT2D eigenvalue weighted by Crippen LogP contribution is -2.28. The molecule has 2 atom stereocenters. The molecule has 1 amide bonds. The molecule has 1 aromatic heterocycles. The van der Waals surface area contributed by atoms with Gasteiger partial charge in [0.15, 0.2) is 26.9 Å². The number of aromatic nitrogens is 2. The Bertz CT molecular complexity index is 1640. The monoisotopic (exact) mass is 806 g/mol. The van der Waals surface area contributed by atoms with Crippen LogP contribution in [0.15, 0.2) is 47.5 Å². The Hall–Kier alpha value is -4.37. The van der Waals surface area contributed by atoms with E-state index in [-0.39, 0.29) is 21.2 Å². The molecule has 1 aliphatic heterocycles. The highest BCUT2D eigenvalue weighted by Crippen LogP contribution is 2.36. The number of aliphatic imine (C=N–C) groups is 1. The van der Waals surface area contributed by atoms with Crippen molar-refractivity contribution in [2.24, 2.45) is 16.6 Å². The molecule has 49 heavy (non-hydrogen) atoms. The predicted octanol–water partition coefficient (Wildman–Crippen LogP) is 5.80. The summed E-state index contributed by atoms with van der Waals surface area (Å²) in [7, 11) is 3.14. The number of alkyl halides is 1. The van der Waals surface area contributed by atoms with Gasteiger partial charge in [-0.2, -0.15) is 5.26 Å². The number of imidazole rings is 1. The van der Waals surface area contributed by atoms with Gasteiger partial charge >= 0.3 is 0 Å². The van der Waals surface area contributed by atoms with E-state index < -0.39 is 27.2 Å². The minimum absolute atomic E-state index is 0. The average Bonchev–Trinajstić information content (AvgIpc) is 3.50. The highest BCUT2D eigenvalue weighted by atomic mass is 127. The molecule has 2 aromatic carbocycles. The number of aromatic amines is 1. The van der Waals surface area contributed by atoms with Gasteiger partial charge in [-0.05, 0) is 76.1 Å². The lowest BCUT2D eigenvalue weighted by Gasteiger charge is -2.20. The number of H-pyrrole nitrogens is 1. The molecule has 0 unspecified atom stereocenters. The van der Waals surface area contributed by atoms with Gasteiger partial charge in [-0.15, -0.1) is 0 Å². The maximum Gasteiger partial charge on any atom is 0.292 e. The molecule has 2 bridgehead atoms. The SMILES string of the molecule is CC(C)(C)N.CNc1ccc2c(c1)N[C@@H](I=O)CCCC[C@H](NC(=O)/C=C/c1cc(Cl)ccc1N=CNN)c1nc(C#N)c-2[nH]1.COC=O. The Labute approximate surface area is 302 Å². The van der Waals surface area contributed by atoms with Crippen LogP contribution in [0.1, 0.15) is 69.6 Å². The van der Waals surface area contributed by atoms with Crippen molar-refractivity contribution in [2.45, 2.75) is 62.1 Å². The van der Waals surface area contributed by atoms with Crippen LogP contribution in [0, 0.1) is 11.3 Å². The molecule has 0 spiro atoms. The molecule has 1 aliphatic rings. The van der Waals surface area contributed by atoms with E-state index in [9.17, 15) is 13.1 Å². The first kappa shape index (κ1) is 40.8. The van der Waals surface area contributed by atoms with Gasteiger partial charge in [-0.25, -0.2) is 15.8 Å². The first-order valence-electron chi connectivity index (χ1n) is 15.2. The number of fused-ring (bicyclic) bond motifs is 4. The Balaban J connectivity index is 0.000000823. The molecule has 4 rings (SSSR count).